The molecule has 0 spiro atoms. The van der Waals surface area contributed by atoms with Crippen LogP contribution >= 0.6 is 0 Å². The number of aliphatic hydroxyl groups excluding tert-OH is 2. The number of fused-ring (bicyclic) bond motifs is 2. The lowest BCUT2D eigenvalue weighted by Gasteiger charge is -2.39. The third kappa shape index (κ3) is 2.75. The van der Waals surface area contributed by atoms with Crippen LogP contribution in [-0.4, -0.2) is 52.1 Å². The minimum atomic E-state index is -0.125. The SMILES string of the molecule is CN1CCc2cccc3c2[C@H]1Cc1ccc(O)c(O)c1-3.OCCO. The van der Waals surface area contributed by atoms with Crippen molar-refractivity contribution < 1.29 is 20.4 Å². The molecule has 2 aromatic rings. The number of hydrogen-bond donors (Lipinski definition) is 4. The highest BCUT2D eigenvalue weighted by Crippen LogP contribution is 2.49. The van der Waals surface area contributed by atoms with E-state index < -0.39 is 0 Å². The molecule has 2 aliphatic rings. The van der Waals surface area contributed by atoms with Crippen LogP contribution in [0.2, 0.25) is 0 Å². The molecule has 4 N–H and O–H groups in total. The standard InChI is InChI=1S/C17H17NO2.C2H6O2/c1-18-8-7-10-3-2-4-12-15(10)13(18)9-11-5-6-14(19)17(20)16(11)12;3-1-2-4/h2-6,13,19-20H,7-9H2,1H3;3-4H,1-2H2/t13-;/m1./s1. The van der Waals surface area contributed by atoms with E-state index in [0.717, 1.165) is 36.1 Å². The number of aliphatic hydroxyl groups is 2. The number of rotatable bonds is 1. The summed E-state index contributed by atoms with van der Waals surface area (Å²) >= 11 is 0. The Kier molecular flexibility index (Phi) is 4.76. The summed E-state index contributed by atoms with van der Waals surface area (Å²) in [6.07, 6.45) is 1.94. The second-order valence-electron chi connectivity index (χ2n) is 6.24. The number of hydrogen-bond acceptors (Lipinski definition) is 5. The van der Waals surface area contributed by atoms with Gasteiger partial charge in [0.1, 0.15) is 0 Å². The van der Waals surface area contributed by atoms with Crippen LogP contribution in [0.15, 0.2) is 30.3 Å². The van der Waals surface area contributed by atoms with Gasteiger partial charge in [0.2, 0.25) is 0 Å². The van der Waals surface area contributed by atoms with Crippen molar-refractivity contribution in [2.75, 3.05) is 26.8 Å². The van der Waals surface area contributed by atoms with E-state index in [4.69, 9.17) is 10.2 Å². The van der Waals surface area contributed by atoms with Crippen molar-refractivity contribution in [3.8, 4) is 22.6 Å². The second-order valence-corrected chi connectivity index (χ2v) is 6.24. The first kappa shape index (κ1) is 16.8. The van der Waals surface area contributed by atoms with Crippen LogP contribution in [0.4, 0.5) is 0 Å². The number of likely N-dealkylation sites (N-methyl/N-ethyl adjacent to an activating group) is 1. The van der Waals surface area contributed by atoms with Crippen LogP contribution in [0.5, 0.6) is 11.5 Å². The summed E-state index contributed by atoms with van der Waals surface area (Å²) in [5.74, 6) is -0.0217. The second kappa shape index (κ2) is 6.81. The summed E-state index contributed by atoms with van der Waals surface area (Å²) < 4.78 is 0. The lowest BCUT2D eigenvalue weighted by atomic mass is 9.77. The first-order valence-corrected chi connectivity index (χ1v) is 8.16. The van der Waals surface area contributed by atoms with Crippen LogP contribution in [0.3, 0.4) is 0 Å². The molecule has 0 amide bonds. The van der Waals surface area contributed by atoms with Gasteiger partial charge in [-0.25, -0.2) is 0 Å². The highest BCUT2D eigenvalue weighted by molar-refractivity contribution is 5.82. The molecule has 0 saturated heterocycles. The lowest BCUT2D eigenvalue weighted by Crippen LogP contribution is -2.35. The molecule has 0 radical (unpaired) electrons. The zero-order valence-corrected chi connectivity index (χ0v) is 13.7. The predicted molar refractivity (Wildman–Crippen MR) is 92.2 cm³/mol. The van der Waals surface area contributed by atoms with Crippen molar-refractivity contribution >= 4 is 0 Å². The van der Waals surface area contributed by atoms with Crippen LogP contribution in [0.1, 0.15) is 22.7 Å². The van der Waals surface area contributed by atoms with Gasteiger partial charge in [0.25, 0.3) is 0 Å². The van der Waals surface area contributed by atoms with E-state index in [-0.39, 0.29) is 24.7 Å². The van der Waals surface area contributed by atoms with Crippen molar-refractivity contribution in [3.63, 3.8) is 0 Å². The summed E-state index contributed by atoms with van der Waals surface area (Å²) in [5, 5.41) is 35.3. The van der Waals surface area contributed by atoms with Crippen LogP contribution in [0, 0.1) is 0 Å². The maximum atomic E-state index is 10.3. The van der Waals surface area contributed by atoms with Gasteiger partial charge in [0.15, 0.2) is 11.5 Å². The monoisotopic (exact) mass is 329 g/mol. The predicted octanol–water partition coefficient (Wildman–Crippen LogP) is 1.82. The van der Waals surface area contributed by atoms with E-state index in [1.807, 2.05) is 6.07 Å². The van der Waals surface area contributed by atoms with Crippen molar-refractivity contribution in [2.24, 2.45) is 0 Å². The molecule has 4 rings (SSSR count). The zero-order chi connectivity index (χ0) is 17.3. The molecule has 0 saturated carbocycles. The molecule has 0 aromatic heterocycles. The molecule has 128 valence electrons. The molecule has 1 atom stereocenters. The molecule has 5 nitrogen and oxygen atoms in total. The number of benzene rings is 2. The van der Waals surface area contributed by atoms with Gasteiger partial charge in [-0.1, -0.05) is 24.3 Å². The highest BCUT2D eigenvalue weighted by Gasteiger charge is 2.34. The summed E-state index contributed by atoms with van der Waals surface area (Å²) in [5.41, 5.74) is 5.71. The van der Waals surface area contributed by atoms with E-state index in [1.165, 1.54) is 11.1 Å². The highest BCUT2D eigenvalue weighted by atomic mass is 16.3. The number of nitrogens with zero attached hydrogens (tertiary/aromatic N) is 1. The zero-order valence-electron chi connectivity index (χ0n) is 13.7. The molecule has 1 aliphatic heterocycles. The minimum absolute atomic E-state index is 0.0163. The summed E-state index contributed by atoms with van der Waals surface area (Å²) in [4.78, 5) is 2.39. The molecule has 5 heteroatoms. The Morgan fingerprint density at radius 3 is 2.50 bits per heavy atom. The van der Waals surface area contributed by atoms with Gasteiger partial charge in [-0.15, -0.1) is 0 Å². The molecule has 0 unspecified atom stereocenters. The van der Waals surface area contributed by atoms with Crippen molar-refractivity contribution in [3.05, 3.63) is 47.0 Å². The molecule has 1 aliphatic carbocycles. The lowest BCUT2D eigenvalue weighted by molar-refractivity contribution is 0.186. The Labute approximate surface area is 141 Å². The van der Waals surface area contributed by atoms with Gasteiger partial charge in [-0.2, -0.15) is 0 Å². The first-order valence-electron chi connectivity index (χ1n) is 8.16. The van der Waals surface area contributed by atoms with Gasteiger partial charge >= 0.3 is 0 Å². The Balaban J connectivity index is 0.000000383. The number of aromatic hydroxyl groups is 2. The van der Waals surface area contributed by atoms with Gasteiger partial charge in [-0.3, -0.25) is 4.90 Å². The van der Waals surface area contributed by atoms with E-state index in [1.54, 1.807) is 6.07 Å². The average molecular weight is 329 g/mol. The summed E-state index contributed by atoms with van der Waals surface area (Å²) in [6.45, 7) is 0.820. The van der Waals surface area contributed by atoms with Gasteiger partial charge < -0.3 is 20.4 Å². The number of phenols is 2. The minimum Gasteiger partial charge on any atom is -0.504 e. The molecular formula is C19H23NO4. The van der Waals surface area contributed by atoms with Crippen molar-refractivity contribution in [1.82, 2.24) is 4.90 Å². The fraction of sp³-hybridized carbons (Fsp3) is 0.368. The average Bonchev–Trinajstić information content (AvgIpc) is 2.61. The molecule has 24 heavy (non-hydrogen) atoms. The summed E-state index contributed by atoms with van der Waals surface area (Å²) in [7, 11) is 2.16. The van der Waals surface area contributed by atoms with Crippen LogP contribution < -0.4 is 0 Å². The maximum absolute atomic E-state index is 10.3. The third-order valence-corrected chi connectivity index (χ3v) is 4.82. The van der Waals surface area contributed by atoms with Gasteiger partial charge in [0, 0.05) is 18.2 Å². The molecule has 0 bridgehead atoms. The Morgan fingerprint density at radius 1 is 1.04 bits per heavy atom. The largest absolute Gasteiger partial charge is 0.504 e. The molecule has 2 aromatic carbocycles. The third-order valence-electron chi connectivity index (χ3n) is 4.82. The van der Waals surface area contributed by atoms with Crippen LogP contribution in [-0.2, 0) is 12.8 Å². The topological polar surface area (TPSA) is 84.2 Å². The molecular weight excluding hydrogens is 306 g/mol. The van der Waals surface area contributed by atoms with Gasteiger partial charge in [0.05, 0.1) is 13.2 Å². The Morgan fingerprint density at radius 2 is 1.79 bits per heavy atom. The smallest absolute Gasteiger partial charge is 0.165 e. The first-order chi connectivity index (χ1) is 11.6. The fourth-order valence-corrected chi connectivity index (χ4v) is 3.67. The Bertz CT molecular complexity index is 742. The number of phenolic OH excluding ortho intramolecular Hbond substituents is 2. The quantitative estimate of drug-likeness (QED) is 0.600. The molecule has 0 fully saturated rings. The van der Waals surface area contributed by atoms with E-state index in [2.05, 4.69) is 30.1 Å². The summed E-state index contributed by atoms with van der Waals surface area (Å²) in [6, 6.07) is 10.2. The van der Waals surface area contributed by atoms with Crippen LogP contribution in [0.25, 0.3) is 11.1 Å². The Hall–Kier alpha value is -2.08. The fourth-order valence-electron chi connectivity index (χ4n) is 3.67. The molecule has 1 heterocycles. The van der Waals surface area contributed by atoms with Gasteiger partial charge in [-0.05, 0) is 48.2 Å². The van der Waals surface area contributed by atoms with E-state index >= 15 is 0 Å². The maximum Gasteiger partial charge on any atom is 0.165 e. The normalized spacial score (nSPS) is 18.2. The van der Waals surface area contributed by atoms with E-state index in [9.17, 15) is 10.2 Å². The van der Waals surface area contributed by atoms with E-state index in [0.29, 0.717) is 6.04 Å². The van der Waals surface area contributed by atoms with Crippen molar-refractivity contribution in [2.45, 2.75) is 18.9 Å². The van der Waals surface area contributed by atoms with Crippen molar-refractivity contribution in [1.29, 1.82) is 0 Å².